The molecule has 1 aromatic carbocycles. The molecule has 2 aromatic heterocycles. The lowest BCUT2D eigenvalue weighted by molar-refractivity contribution is 0.0589. The Morgan fingerprint density at radius 2 is 1.78 bits per heavy atom. The molecule has 10 heteroatoms. The summed E-state index contributed by atoms with van der Waals surface area (Å²) in [5.74, 6) is 0.685. The van der Waals surface area contributed by atoms with Crippen LogP contribution < -0.4 is 10.9 Å². The molecule has 0 aliphatic carbocycles. The van der Waals surface area contributed by atoms with Gasteiger partial charge in [0.25, 0.3) is 11.5 Å². The SMILES string of the molecule is O=C(Nc1snnc1C(=O)N1C[C@H]2C[C@@H](C1)c1cccc(=O)n1C2)N1CCC(Cc2ccccc2)CC1. The van der Waals surface area contributed by atoms with Crippen LogP contribution in [-0.4, -0.2) is 62.1 Å². The van der Waals surface area contributed by atoms with Crippen molar-refractivity contribution >= 4 is 28.5 Å². The van der Waals surface area contributed by atoms with Gasteiger partial charge in [0.15, 0.2) is 10.7 Å². The Morgan fingerprint density at radius 3 is 2.59 bits per heavy atom. The van der Waals surface area contributed by atoms with Gasteiger partial charge >= 0.3 is 6.03 Å². The fourth-order valence-corrected chi connectivity index (χ4v) is 6.64. The maximum absolute atomic E-state index is 13.5. The fraction of sp³-hybridized carbons (Fsp3) is 0.444. The molecule has 192 valence electrons. The number of carbonyl (C=O) groups excluding carboxylic acids is 2. The van der Waals surface area contributed by atoms with Crippen molar-refractivity contribution in [1.29, 1.82) is 0 Å². The monoisotopic (exact) mass is 518 g/mol. The van der Waals surface area contributed by atoms with Gasteiger partial charge in [0.2, 0.25) is 0 Å². The van der Waals surface area contributed by atoms with Gasteiger partial charge in [-0.25, -0.2) is 4.79 Å². The predicted octanol–water partition coefficient (Wildman–Crippen LogP) is 3.45. The number of hydrogen-bond acceptors (Lipinski definition) is 6. The summed E-state index contributed by atoms with van der Waals surface area (Å²) in [4.78, 5) is 42.4. The summed E-state index contributed by atoms with van der Waals surface area (Å²) in [6, 6.07) is 15.6. The number of nitrogens with zero attached hydrogens (tertiary/aromatic N) is 5. The molecule has 3 amide bonds. The molecule has 2 atom stereocenters. The van der Waals surface area contributed by atoms with Crippen molar-refractivity contribution in [2.45, 2.75) is 38.1 Å². The third kappa shape index (κ3) is 4.90. The molecule has 9 nitrogen and oxygen atoms in total. The van der Waals surface area contributed by atoms with Gasteiger partial charge in [-0.05, 0) is 49.1 Å². The largest absolute Gasteiger partial charge is 0.336 e. The summed E-state index contributed by atoms with van der Waals surface area (Å²) in [5.41, 5.74) is 2.54. The Morgan fingerprint density at radius 1 is 0.973 bits per heavy atom. The summed E-state index contributed by atoms with van der Waals surface area (Å²) >= 11 is 1.04. The standard InChI is InChI=1S/C27H30N6O3S/c34-23-8-4-7-22-21-14-20(16-33(22)23)15-32(17-21)26(35)24-25(37-30-29-24)28-27(36)31-11-9-19(10-12-31)13-18-5-2-1-3-6-18/h1-8,19-21H,9-17H2,(H,28,36)/t20-,21+/m1/s1. The van der Waals surface area contributed by atoms with Crippen LogP contribution in [0.2, 0.25) is 0 Å². The molecule has 1 N–H and O–H groups in total. The molecule has 0 spiro atoms. The smallest absolute Gasteiger partial charge is 0.322 e. The number of rotatable bonds is 4. The number of nitrogens with one attached hydrogen (secondary N) is 1. The highest BCUT2D eigenvalue weighted by molar-refractivity contribution is 7.10. The summed E-state index contributed by atoms with van der Waals surface area (Å²) in [7, 11) is 0. The number of amides is 3. The van der Waals surface area contributed by atoms with E-state index in [9.17, 15) is 14.4 Å². The van der Waals surface area contributed by atoms with Crippen LogP contribution in [0.4, 0.5) is 9.80 Å². The first-order valence-corrected chi connectivity index (χ1v) is 13.7. The van der Waals surface area contributed by atoms with Crippen molar-refractivity contribution in [3.05, 3.63) is 75.8 Å². The maximum atomic E-state index is 13.5. The molecular formula is C27H30N6O3S. The van der Waals surface area contributed by atoms with Gasteiger partial charge in [0, 0.05) is 61.9 Å². The van der Waals surface area contributed by atoms with Gasteiger partial charge in [-0.3, -0.25) is 14.9 Å². The van der Waals surface area contributed by atoms with E-state index >= 15 is 0 Å². The lowest BCUT2D eigenvalue weighted by atomic mass is 9.83. The molecule has 3 aromatic rings. The van der Waals surface area contributed by atoms with Gasteiger partial charge in [-0.1, -0.05) is 40.9 Å². The molecule has 0 unspecified atom stereocenters. The van der Waals surface area contributed by atoms with Crippen LogP contribution in [0.5, 0.6) is 0 Å². The highest BCUT2D eigenvalue weighted by atomic mass is 32.1. The Labute approximate surface area is 219 Å². The van der Waals surface area contributed by atoms with E-state index in [1.165, 1.54) is 5.56 Å². The Balaban J connectivity index is 1.08. The number of carbonyl (C=O) groups is 2. The summed E-state index contributed by atoms with van der Waals surface area (Å²) in [6.07, 6.45) is 3.91. The molecule has 2 fully saturated rings. The van der Waals surface area contributed by atoms with Gasteiger partial charge in [-0.2, -0.15) is 0 Å². The van der Waals surface area contributed by atoms with E-state index in [0.29, 0.717) is 43.6 Å². The minimum absolute atomic E-state index is 0.0183. The van der Waals surface area contributed by atoms with Crippen molar-refractivity contribution in [3.8, 4) is 0 Å². The number of anilines is 1. The van der Waals surface area contributed by atoms with Crippen LogP contribution in [-0.2, 0) is 13.0 Å². The number of piperidine rings is 2. The van der Waals surface area contributed by atoms with Gasteiger partial charge in [0.05, 0.1) is 0 Å². The number of pyridine rings is 1. The molecule has 6 rings (SSSR count). The van der Waals surface area contributed by atoms with E-state index in [4.69, 9.17) is 0 Å². The minimum atomic E-state index is -0.216. The molecule has 37 heavy (non-hydrogen) atoms. The molecule has 3 aliphatic rings. The van der Waals surface area contributed by atoms with Crippen molar-refractivity contribution in [2.24, 2.45) is 11.8 Å². The van der Waals surface area contributed by atoms with Crippen LogP contribution in [0.15, 0.2) is 53.3 Å². The van der Waals surface area contributed by atoms with Crippen molar-refractivity contribution in [2.75, 3.05) is 31.5 Å². The summed E-state index contributed by atoms with van der Waals surface area (Å²) < 4.78 is 5.83. The van der Waals surface area contributed by atoms with Crippen molar-refractivity contribution < 1.29 is 9.59 Å². The lowest BCUT2D eigenvalue weighted by Gasteiger charge is -2.42. The van der Waals surface area contributed by atoms with Crippen molar-refractivity contribution in [1.82, 2.24) is 24.0 Å². The van der Waals surface area contributed by atoms with E-state index in [1.54, 1.807) is 17.0 Å². The molecule has 3 aliphatic heterocycles. The number of aromatic nitrogens is 3. The van der Waals surface area contributed by atoms with Gasteiger partial charge in [-0.15, -0.1) is 5.10 Å². The first kappa shape index (κ1) is 23.8. The Bertz CT molecular complexity index is 1350. The second-order valence-electron chi connectivity index (χ2n) is 10.4. The molecule has 5 heterocycles. The van der Waals surface area contributed by atoms with Gasteiger partial charge < -0.3 is 14.4 Å². The zero-order valence-electron chi connectivity index (χ0n) is 20.6. The second kappa shape index (κ2) is 10.1. The van der Waals surface area contributed by atoms with Crippen LogP contribution in [0.25, 0.3) is 0 Å². The number of benzene rings is 1. The maximum Gasteiger partial charge on any atom is 0.322 e. The van der Waals surface area contributed by atoms with E-state index in [0.717, 1.165) is 42.9 Å². The third-order valence-corrected chi connectivity index (χ3v) is 8.59. The van der Waals surface area contributed by atoms with Crippen LogP contribution in [0.3, 0.4) is 0 Å². The first-order chi connectivity index (χ1) is 18.0. The van der Waals surface area contributed by atoms with E-state index in [1.807, 2.05) is 21.6 Å². The first-order valence-electron chi connectivity index (χ1n) is 13.0. The number of fused-ring (bicyclic) bond motifs is 4. The number of hydrogen-bond donors (Lipinski definition) is 1. The molecular weight excluding hydrogens is 488 g/mol. The quantitative estimate of drug-likeness (QED) is 0.570. The number of likely N-dealkylation sites (tertiary alicyclic amines) is 2. The third-order valence-electron chi connectivity index (χ3n) is 7.95. The zero-order valence-corrected chi connectivity index (χ0v) is 21.4. The average molecular weight is 519 g/mol. The highest BCUT2D eigenvalue weighted by Gasteiger charge is 2.38. The lowest BCUT2D eigenvalue weighted by Crippen LogP contribution is -2.49. The molecule has 0 saturated carbocycles. The van der Waals surface area contributed by atoms with Crippen LogP contribution >= 0.6 is 11.5 Å². The zero-order chi connectivity index (χ0) is 25.4. The van der Waals surface area contributed by atoms with E-state index in [-0.39, 0.29) is 35.0 Å². The fourth-order valence-electron chi connectivity index (χ4n) is 6.09. The van der Waals surface area contributed by atoms with Gasteiger partial charge in [0.1, 0.15) is 0 Å². The minimum Gasteiger partial charge on any atom is -0.336 e. The molecule has 2 bridgehead atoms. The predicted molar refractivity (Wildman–Crippen MR) is 141 cm³/mol. The Hall–Kier alpha value is -3.53. The van der Waals surface area contributed by atoms with E-state index < -0.39 is 0 Å². The summed E-state index contributed by atoms with van der Waals surface area (Å²) in [6.45, 7) is 3.09. The van der Waals surface area contributed by atoms with E-state index in [2.05, 4.69) is 39.2 Å². The number of urea groups is 1. The second-order valence-corrected chi connectivity index (χ2v) is 11.2. The Kier molecular flexibility index (Phi) is 6.50. The topological polar surface area (TPSA) is 100 Å². The normalized spacial score (nSPS) is 21.4. The average Bonchev–Trinajstić information content (AvgIpc) is 3.38. The summed E-state index contributed by atoms with van der Waals surface area (Å²) in [5, 5.41) is 7.39. The molecule has 2 saturated heterocycles. The van der Waals surface area contributed by atoms with Crippen LogP contribution in [0, 0.1) is 11.8 Å². The van der Waals surface area contributed by atoms with Crippen molar-refractivity contribution in [3.63, 3.8) is 0 Å². The molecule has 0 radical (unpaired) electrons. The highest BCUT2D eigenvalue weighted by Crippen LogP contribution is 2.36. The van der Waals surface area contributed by atoms with Crippen LogP contribution in [0.1, 0.15) is 46.9 Å².